The van der Waals surface area contributed by atoms with Gasteiger partial charge in [-0.1, -0.05) is 31.9 Å². The van der Waals surface area contributed by atoms with Crippen LogP contribution in [0.3, 0.4) is 0 Å². The van der Waals surface area contributed by atoms with E-state index in [1.165, 1.54) is 25.0 Å². The van der Waals surface area contributed by atoms with Gasteiger partial charge in [-0.15, -0.1) is 0 Å². The summed E-state index contributed by atoms with van der Waals surface area (Å²) in [6.45, 7) is 5.00. The molecule has 3 N–H and O–H groups in total. The molecule has 0 spiro atoms. The zero-order chi connectivity index (χ0) is 15.3. The zero-order valence-electron chi connectivity index (χ0n) is 13.1. The van der Waals surface area contributed by atoms with Gasteiger partial charge in [-0.3, -0.25) is 11.3 Å². The van der Waals surface area contributed by atoms with E-state index >= 15 is 0 Å². The number of nitrogens with two attached hydrogens (primary N) is 1. The van der Waals surface area contributed by atoms with Crippen molar-refractivity contribution in [1.82, 2.24) is 5.43 Å². The number of benzene rings is 1. The molecule has 0 radical (unpaired) electrons. The van der Waals surface area contributed by atoms with Crippen LogP contribution in [0.15, 0.2) is 24.3 Å². The molecule has 1 aromatic rings. The third-order valence-electron chi connectivity index (χ3n) is 4.61. The average Bonchev–Trinajstić information content (AvgIpc) is 2.47. The minimum absolute atomic E-state index is 0.0469. The normalized spacial score (nSPS) is 27.5. The molecule has 3 atom stereocenters. The van der Waals surface area contributed by atoms with E-state index in [9.17, 15) is 4.39 Å². The molecule has 1 saturated carbocycles. The first-order chi connectivity index (χ1) is 10.1. The topological polar surface area (TPSA) is 47.3 Å². The minimum atomic E-state index is -0.213. The van der Waals surface area contributed by atoms with Crippen molar-refractivity contribution in [3.05, 3.63) is 35.6 Å². The van der Waals surface area contributed by atoms with Gasteiger partial charge in [0.15, 0.2) is 0 Å². The molecule has 0 heterocycles. The monoisotopic (exact) mass is 294 g/mol. The molecule has 118 valence electrons. The van der Waals surface area contributed by atoms with Crippen LogP contribution < -0.4 is 11.3 Å². The van der Waals surface area contributed by atoms with Crippen molar-refractivity contribution in [2.75, 3.05) is 6.61 Å². The van der Waals surface area contributed by atoms with Gasteiger partial charge in [-0.25, -0.2) is 4.39 Å². The summed E-state index contributed by atoms with van der Waals surface area (Å²) in [7, 11) is 0. The lowest BCUT2D eigenvalue weighted by molar-refractivity contribution is -0.100. The fourth-order valence-corrected chi connectivity index (χ4v) is 3.63. The third kappa shape index (κ3) is 4.02. The molecule has 3 unspecified atom stereocenters. The molecule has 3 nitrogen and oxygen atoms in total. The molecule has 21 heavy (non-hydrogen) atoms. The zero-order valence-corrected chi connectivity index (χ0v) is 13.1. The lowest BCUT2D eigenvalue weighted by Crippen LogP contribution is -2.57. The molecule has 1 aliphatic carbocycles. The van der Waals surface area contributed by atoms with Crippen molar-refractivity contribution < 1.29 is 9.13 Å². The van der Waals surface area contributed by atoms with E-state index in [1.54, 1.807) is 0 Å². The van der Waals surface area contributed by atoms with Gasteiger partial charge in [-0.05, 0) is 49.8 Å². The Morgan fingerprint density at radius 2 is 2.14 bits per heavy atom. The Kier molecular flexibility index (Phi) is 5.73. The van der Waals surface area contributed by atoms with E-state index in [0.717, 1.165) is 24.8 Å². The maximum Gasteiger partial charge on any atom is 0.123 e. The SMILES string of the molecule is CCOC1(C(Cc2ccc(F)cc2)NN)CCCC(C)C1. The van der Waals surface area contributed by atoms with E-state index in [0.29, 0.717) is 12.5 Å². The van der Waals surface area contributed by atoms with Gasteiger partial charge in [0.1, 0.15) is 5.82 Å². The Bertz CT molecular complexity index is 433. The maximum atomic E-state index is 13.0. The maximum absolute atomic E-state index is 13.0. The Hall–Kier alpha value is -0.970. The Morgan fingerprint density at radius 3 is 2.71 bits per heavy atom. The molecule has 0 bridgehead atoms. The van der Waals surface area contributed by atoms with Crippen molar-refractivity contribution in [1.29, 1.82) is 0 Å². The molecule has 0 saturated heterocycles. The summed E-state index contributed by atoms with van der Waals surface area (Å²) in [5, 5.41) is 0. The number of rotatable bonds is 6. The highest BCUT2D eigenvalue weighted by Gasteiger charge is 2.42. The van der Waals surface area contributed by atoms with Crippen molar-refractivity contribution in [2.24, 2.45) is 11.8 Å². The molecule has 1 fully saturated rings. The highest BCUT2D eigenvalue weighted by atomic mass is 19.1. The van der Waals surface area contributed by atoms with Crippen LogP contribution in [0.2, 0.25) is 0 Å². The van der Waals surface area contributed by atoms with Crippen LogP contribution in [0.4, 0.5) is 4.39 Å². The number of hydrazine groups is 1. The summed E-state index contributed by atoms with van der Waals surface area (Å²) in [4.78, 5) is 0. The Morgan fingerprint density at radius 1 is 1.43 bits per heavy atom. The first kappa shape index (κ1) is 16.4. The van der Waals surface area contributed by atoms with Crippen molar-refractivity contribution in [2.45, 2.75) is 57.6 Å². The fraction of sp³-hybridized carbons (Fsp3) is 0.647. The van der Waals surface area contributed by atoms with E-state index < -0.39 is 0 Å². The lowest BCUT2D eigenvalue weighted by Gasteiger charge is -2.45. The smallest absolute Gasteiger partial charge is 0.123 e. The number of ether oxygens (including phenoxy) is 1. The predicted octanol–water partition coefficient (Wildman–Crippen LogP) is 3.19. The molecule has 2 rings (SSSR count). The van der Waals surface area contributed by atoms with E-state index in [2.05, 4.69) is 12.3 Å². The van der Waals surface area contributed by atoms with Crippen LogP contribution in [0.25, 0.3) is 0 Å². The minimum Gasteiger partial charge on any atom is -0.374 e. The third-order valence-corrected chi connectivity index (χ3v) is 4.61. The highest BCUT2D eigenvalue weighted by molar-refractivity contribution is 5.18. The number of halogens is 1. The van der Waals surface area contributed by atoms with Crippen LogP contribution in [-0.4, -0.2) is 18.2 Å². The van der Waals surface area contributed by atoms with Gasteiger partial charge in [0.2, 0.25) is 0 Å². The molecular formula is C17H27FN2O. The summed E-state index contributed by atoms with van der Waals surface area (Å²) in [5.41, 5.74) is 3.83. The second-order valence-electron chi connectivity index (χ2n) is 6.25. The van der Waals surface area contributed by atoms with Crippen LogP contribution in [0.5, 0.6) is 0 Å². The quantitative estimate of drug-likeness (QED) is 0.626. The van der Waals surface area contributed by atoms with Crippen LogP contribution in [0, 0.1) is 11.7 Å². The van der Waals surface area contributed by atoms with Crippen LogP contribution >= 0.6 is 0 Å². The number of nitrogens with one attached hydrogen (secondary N) is 1. The fourth-order valence-electron chi connectivity index (χ4n) is 3.63. The summed E-state index contributed by atoms with van der Waals surface area (Å²) in [6, 6.07) is 6.70. The summed E-state index contributed by atoms with van der Waals surface area (Å²) < 4.78 is 19.2. The molecule has 1 aliphatic rings. The van der Waals surface area contributed by atoms with Gasteiger partial charge in [0.25, 0.3) is 0 Å². The second kappa shape index (κ2) is 7.34. The molecule has 0 aliphatic heterocycles. The van der Waals surface area contributed by atoms with Crippen molar-refractivity contribution in [3.63, 3.8) is 0 Å². The van der Waals surface area contributed by atoms with Crippen molar-refractivity contribution >= 4 is 0 Å². The Labute approximate surface area is 127 Å². The van der Waals surface area contributed by atoms with Gasteiger partial charge >= 0.3 is 0 Å². The van der Waals surface area contributed by atoms with E-state index in [1.807, 2.05) is 19.1 Å². The first-order valence-electron chi connectivity index (χ1n) is 7.94. The van der Waals surface area contributed by atoms with Crippen LogP contribution in [0.1, 0.15) is 45.1 Å². The molecule has 0 amide bonds. The highest BCUT2D eigenvalue weighted by Crippen LogP contribution is 2.38. The van der Waals surface area contributed by atoms with Gasteiger partial charge in [-0.2, -0.15) is 0 Å². The molecule has 1 aromatic carbocycles. The summed E-state index contributed by atoms with van der Waals surface area (Å²) in [5.74, 6) is 6.28. The predicted molar refractivity (Wildman–Crippen MR) is 83.2 cm³/mol. The first-order valence-corrected chi connectivity index (χ1v) is 7.94. The van der Waals surface area contributed by atoms with E-state index in [4.69, 9.17) is 10.6 Å². The van der Waals surface area contributed by atoms with Gasteiger partial charge in [0, 0.05) is 6.61 Å². The summed E-state index contributed by atoms with van der Waals surface area (Å²) in [6.07, 6.45) is 5.23. The standard InChI is InChI=1S/C17H27FN2O/c1-3-21-17(10-4-5-13(2)12-17)16(20-19)11-14-6-8-15(18)9-7-14/h6-9,13,16,20H,3-5,10-12,19H2,1-2H3. The summed E-state index contributed by atoms with van der Waals surface area (Å²) >= 11 is 0. The largest absolute Gasteiger partial charge is 0.374 e. The van der Waals surface area contributed by atoms with Crippen molar-refractivity contribution in [3.8, 4) is 0 Å². The lowest BCUT2D eigenvalue weighted by atomic mass is 9.73. The number of hydrogen-bond donors (Lipinski definition) is 2. The molecular weight excluding hydrogens is 267 g/mol. The average molecular weight is 294 g/mol. The van der Waals surface area contributed by atoms with Gasteiger partial charge in [0.05, 0.1) is 11.6 Å². The van der Waals surface area contributed by atoms with E-state index in [-0.39, 0.29) is 17.5 Å². The Balaban J connectivity index is 2.17. The second-order valence-corrected chi connectivity index (χ2v) is 6.25. The molecule has 4 heteroatoms. The number of hydrogen-bond acceptors (Lipinski definition) is 3. The van der Waals surface area contributed by atoms with Gasteiger partial charge < -0.3 is 4.74 Å². The van der Waals surface area contributed by atoms with Crippen LogP contribution in [-0.2, 0) is 11.2 Å². The molecule has 0 aromatic heterocycles.